The van der Waals surface area contributed by atoms with E-state index in [4.69, 9.17) is 14.1 Å². The predicted octanol–water partition coefficient (Wildman–Crippen LogP) is 2.03. The van der Waals surface area contributed by atoms with Gasteiger partial charge in [0.15, 0.2) is 5.96 Å². The number of halogens is 1. The third-order valence-corrected chi connectivity index (χ3v) is 5.17. The van der Waals surface area contributed by atoms with E-state index in [1.54, 1.807) is 18.7 Å². The molecule has 0 spiro atoms. The lowest BCUT2D eigenvalue weighted by Gasteiger charge is -2.36. The lowest BCUT2D eigenvalue weighted by molar-refractivity contribution is 0.187. The van der Waals surface area contributed by atoms with Gasteiger partial charge < -0.3 is 24.3 Å². The number of rotatable bonds is 6. The Labute approximate surface area is 188 Å². The summed E-state index contributed by atoms with van der Waals surface area (Å²) >= 11 is 0. The van der Waals surface area contributed by atoms with Crippen molar-refractivity contribution in [1.82, 2.24) is 20.2 Å². The normalized spacial score (nSPS) is 19.9. The van der Waals surface area contributed by atoms with E-state index in [1.165, 1.54) is 0 Å². The number of nitrogens with one attached hydrogen (secondary N) is 1. The Morgan fingerprint density at radius 1 is 1.17 bits per heavy atom. The standard InChI is InChI=1S/C20H28N6O2.HI/c1-3-18(28-13-1)4-8-23-20(24-15-17-5-14-27-16-17)26-11-9-25(10-12-26)19-21-6-2-7-22-19;/h1-3,6-7,13,17H,4-5,8-12,14-16H2,(H,23,24);1H. The van der Waals surface area contributed by atoms with Crippen molar-refractivity contribution in [3.63, 3.8) is 0 Å². The van der Waals surface area contributed by atoms with Gasteiger partial charge in [-0.1, -0.05) is 0 Å². The highest BCUT2D eigenvalue weighted by molar-refractivity contribution is 14.0. The van der Waals surface area contributed by atoms with Gasteiger partial charge in [0.25, 0.3) is 0 Å². The largest absolute Gasteiger partial charge is 0.469 e. The zero-order valence-electron chi connectivity index (χ0n) is 16.6. The number of aromatic nitrogens is 2. The van der Waals surface area contributed by atoms with Crippen LogP contribution in [0.2, 0.25) is 0 Å². The molecule has 2 aliphatic rings. The Bertz CT molecular complexity index is 729. The molecule has 4 heterocycles. The van der Waals surface area contributed by atoms with Crippen molar-refractivity contribution in [3.05, 3.63) is 42.6 Å². The molecule has 2 aromatic rings. The van der Waals surface area contributed by atoms with Crippen LogP contribution in [0, 0.1) is 5.92 Å². The quantitative estimate of drug-likeness (QED) is 0.361. The first-order chi connectivity index (χ1) is 13.9. The van der Waals surface area contributed by atoms with Crippen LogP contribution >= 0.6 is 24.0 Å². The Hall–Kier alpha value is -1.88. The van der Waals surface area contributed by atoms with Crippen molar-refractivity contribution in [2.45, 2.75) is 12.8 Å². The van der Waals surface area contributed by atoms with Gasteiger partial charge in [0.05, 0.1) is 12.9 Å². The average molecular weight is 512 g/mol. The maximum absolute atomic E-state index is 5.49. The molecule has 2 saturated heterocycles. The summed E-state index contributed by atoms with van der Waals surface area (Å²) in [6, 6.07) is 5.78. The van der Waals surface area contributed by atoms with Crippen molar-refractivity contribution in [3.8, 4) is 0 Å². The number of guanidine groups is 1. The molecule has 2 aromatic heterocycles. The molecule has 8 nitrogen and oxygen atoms in total. The van der Waals surface area contributed by atoms with Crippen LogP contribution in [0.3, 0.4) is 0 Å². The molecule has 0 saturated carbocycles. The molecule has 0 amide bonds. The van der Waals surface area contributed by atoms with Gasteiger partial charge in [-0.3, -0.25) is 4.99 Å². The number of ether oxygens (including phenoxy) is 1. The summed E-state index contributed by atoms with van der Waals surface area (Å²) in [5.41, 5.74) is 0. The number of anilines is 1. The van der Waals surface area contributed by atoms with Crippen LogP contribution in [-0.2, 0) is 11.2 Å². The number of hydrogen-bond acceptors (Lipinski definition) is 6. The van der Waals surface area contributed by atoms with Crippen LogP contribution in [0.4, 0.5) is 5.95 Å². The molecule has 9 heteroatoms. The minimum atomic E-state index is 0. The zero-order chi connectivity index (χ0) is 19.0. The Kier molecular flexibility index (Phi) is 8.53. The maximum atomic E-state index is 5.49. The first kappa shape index (κ1) is 21.8. The number of furan rings is 1. The summed E-state index contributed by atoms with van der Waals surface area (Å²) in [6.07, 6.45) is 7.25. The lowest BCUT2D eigenvalue weighted by Crippen LogP contribution is -2.53. The molecule has 0 aromatic carbocycles. The molecular weight excluding hydrogens is 483 g/mol. The summed E-state index contributed by atoms with van der Waals surface area (Å²) in [5.74, 6) is 3.30. The first-order valence-corrected chi connectivity index (χ1v) is 10.0. The van der Waals surface area contributed by atoms with Gasteiger partial charge in [0.1, 0.15) is 5.76 Å². The first-order valence-electron chi connectivity index (χ1n) is 10.0. The minimum Gasteiger partial charge on any atom is -0.469 e. The fourth-order valence-corrected chi connectivity index (χ4v) is 3.54. The highest BCUT2D eigenvalue weighted by Crippen LogP contribution is 2.14. The van der Waals surface area contributed by atoms with Gasteiger partial charge in [-0.15, -0.1) is 24.0 Å². The highest BCUT2D eigenvalue weighted by atomic mass is 127. The van der Waals surface area contributed by atoms with Crippen molar-refractivity contribution in [2.75, 3.05) is 57.4 Å². The maximum Gasteiger partial charge on any atom is 0.225 e. The molecule has 0 aliphatic carbocycles. The second-order valence-electron chi connectivity index (χ2n) is 7.17. The minimum absolute atomic E-state index is 0. The van der Waals surface area contributed by atoms with Crippen molar-refractivity contribution in [2.24, 2.45) is 10.9 Å². The van der Waals surface area contributed by atoms with E-state index in [1.807, 2.05) is 18.2 Å². The predicted molar refractivity (Wildman–Crippen MR) is 123 cm³/mol. The summed E-state index contributed by atoms with van der Waals surface area (Å²) in [4.78, 5) is 18.2. The molecule has 29 heavy (non-hydrogen) atoms. The molecular formula is C20H29IN6O2. The molecule has 0 radical (unpaired) electrons. The van der Waals surface area contributed by atoms with E-state index in [-0.39, 0.29) is 24.0 Å². The number of hydrogen-bond donors (Lipinski definition) is 1. The van der Waals surface area contributed by atoms with Crippen molar-refractivity contribution in [1.29, 1.82) is 0 Å². The fraction of sp³-hybridized carbons (Fsp3) is 0.550. The Balaban J connectivity index is 0.00000240. The molecule has 1 atom stereocenters. The topological polar surface area (TPSA) is 79.0 Å². The van der Waals surface area contributed by atoms with E-state index < -0.39 is 0 Å². The van der Waals surface area contributed by atoms with E-state index in [9.17, 15) is 0 Å². The van der Waals surface area contributed by atoms with E-state index in [0.717, 1.165) is 83.0 Å². The van der Waals surface area contributed by atoms with E-state index in [2.05, 4.69) is 25.1 Å². The second kappa shape index (κ2) is 11.3. The third kappa shape index (κ3) is 6.30. The zero-order valence-corrected chi connectivity index (χ0v) is 18.9. The summed E-state index contributed by atoms with van der Waals surface area (Å²) in [6.45, 7) is 6.85. The van der Waals surface area contributed by atoms with Gasteiger partial charge in [0, 0.05) is 70.6 Å². The van der Waals surface area contributed by atoms with Crippen LogP contribution in [-0.4, -0.2) is 73.3 Å². The van der Waals surface area contributed by atoms with Crippen LogP contribution in [0.25, 0.3) is 0 Å². The van der Waals surface area contributed by atoms with Crippen molar-refractivity contribution >= 4 is 35.9 Å². The molecule has 2 aliphatic heterocycles. The number of nitrogens with zero attached hydrogens (tertiary/aromatic N) is 5. The van der Waals surface area contributed by atoms with E-state index in [0.29, 0.717) is 5.92 Å². The van der Waals surface area contributed by atoms with Gasteiger partial charge in [-0.05, 0) is 24.6 Å². The van der Waals surface area contributed by atoms with Crippen LogP contribution in [0.15, 0.2) is 46.3 Å². The summed E-state index contributed by atoms with van der Waals surface area (Å²) in [5, 5.41) is 3.53. The SMILES string of the molecule is I.c1cnc(N2CCN(C(=NCC3CCOC3)NCCc3ccco3)CC2)nc1. The van der Waals surface area contributed by atoms with Crippen LogP contribution in [0.1, 0.15) is 12.2 Å². The molecule has 0 bridgehead atoms. The van der Waals surface area contributed by atoms with Gasteiger partial charge in [-0.2, -0.15) is 0 Å². The lowest BCUT2D eigenvalue weighted by atomic mass is 10.1. The molecule has 1 N–H and O–H groups in total. The molecule has 158 valence electrons. The molecule has 1 unspecified atom stereocenters. The number of piperazine rings is 1. The van der Waals surface area contributed by atoms with Crippen LogP contribution < -0.4 is 10.2 Å². The van der Waals surface area contributed by atoms with Crippen molar-refractivity contribution < 1.29 is 9.15 Å². The smallest absolute Gasteiger partial charge is 0.225 e. The summed E-state index contributed by atoms with van der Waals surface area (Å²) in [7, 11) is 0. The average Bonchev–Trinajstić information content (AvgIpc) is 3.46. The Morgan fingerprint density at radius 2 is 2.00 bits per heavy atom. The summed E-state index contributed by atoms with van der Waals surface area (Å²) < 4.78 is 10.9. The van der Waals surface area contributed by atoms with Gasteiger partial charge in [-0.25, -0.2) is 9.97 Å². The number of aliphatic imine (C=N–C) groups is 1. The van der Waals surface area contributed by atoms with Gasteiger partial charge in [0.2, 0.25) is 5.95 Å². The highest BCUT2D eigenvalue weighted by Gasteiger charge is 2.22. The molecule has 2 fully saturated rings. The molecule has 4 rings (SSSR count). The monoisotopic (exact) mass is 512 g/mol. The Morgan fingerprint density at radius 3 is 2.69 bits per heavy atom. The third-order valence-electron chi connectivity index (χ3n) is 5.17. The second-order valence-corrected chi connectivity index (χ2v) is 7.17. The van der Waals surface area contributed by atoms with Crippen LogP contribution in [0.5, 0.6) is 0 Å². The van der Waals surface area contributed by atoms with E-state index >= 15 is 0 Å². The fourth-order valence-electron chi connectivity index (χ4n) is 3.54. The van der Waals surface area contributed by atoms with Gasteiger partial charge >= 0.3 is 0 Å².